The van der Waals surface area contributed by atoms with E-state index in [-0.39, 0.29) is 50.9 Å². The van der Waals surface area contributed by atoms with Gasteiger partial charge in [-0.25, -0.2) is 9.18 Å². The lowest BCUT2D eigenvalue weighted by atomic mass is 9.65. The van der Waals surface area contributed by atoms with E-state index in [1.807, 2.05) is 0 Å². The smallest absolute Gasteiger partial charge is 0.339 e. The summed E-state index contributed by atoms with van der Waals surface area (Å²) < 4.78 is 13.7. The second-order valence-electron chi connectivity index (χ2n) is 9.68. The quantitative estimate of drug-likeness (QED) is 0.414. The molecule has 0 saturated heterocycles. The Hall–Kier alpha value is -2.47. The van der Waals surface area contributed by atoms with Crippen molar-refractivity contribution >= 4 is 23.3 Å². The Balaban J connectivity index is 1.71. The van der Waals surface area contributed by atoms with Gasteiger partial charge in [-0.05, 0) is 66.2 Å². The molecule has 0 spiro atoms. The monoisotopic (exact) mass is 447 g/mol. The fraction of sp³-hybridized carbons (Fsp3) is 0.458. The number of carboxylic acid groups (broad SMARTS) is 1. The first kappa shape index (κ1) is 21.8. The number of carboxylic acids is 1. The first-order chi connectivity index (χ1) is 14.5. The van der Waals surface area contributed by atoms with Crippen LogP contribution in [0.2, 0.25) is 5.02 Å². The minimum absolute atomic E-state index is 0.0399. The lowest BCUT2D eigenvalue weighted by Crippen LogP contribution is -2.31. The number of hydrogen-bond acceptors (Lipinski definition) is 4. The van der Waals surface area contributed by atoms with Crippen LogP contribution in [0.15, 0.2) is 24.3 Å². The molecule has 3 atom stereocenters. The molecule has 5 nitrogen and oxygen atoms in total. The molecule has 2 aromatic rings. The number of carbonyl (C=O) groups is 1. The molecule has 2 fully saturated rings. The molecule has 0 radical (unpaired) electrons. The van der Waals surface area contributed by atoms with Crippen molar-refractivity contribution in [1.82, 2.24) is 0 Å². The maximum absolute atomic E-state index is 13.7. The fourth-order valence-electron chi connectivity index (χ4n) is 5.81. The highest BCUT2D eigenvalue weighted by Gasteiger charge is 2.61. The molecule has 2 saturated carbocycles. The minimum Gasteiger partial charge on any atom is -0.507 e. The number of phenols is 2. The third-order valence-electron chi connectivity index (χ3n) is 8.13. The molecular weight excluding hydrogens is 421 g/mol. The van der Waals surface area contributed by atoms with Crippen LogP contribution in [0.3, 0.4) is 0 Å². The Labute approximate surface area is 185 Å². The summed E-state index contributed by atoms with van der Waals surface area (Å²) in [4.78, 5) is 11.8. The van der Waals surface area contributed by atoms with E-state index in [2.05, 4.69) is 26.1 Å². The van der Waals surface area contributed by atoms with E-state index in [1.165, 1.54) is 12.1 Å². The summed E-state index contributed by atoms with van der Waals surface area (Å²) in [5.74, 6) is -1.64. The summed E-state index contributed by atoms with van der Waals surface area (Å²) >= 11 is 5.85. The van der Waals surface area contributed by atoms with Crippen molar-refractivity contribution in [2.24, 2.45) is 16.7 Å². The van der Waals surface area contributed by atoms with Crippen LogP contribution in [0, 0.1) is 22.6 Å². The minimum atomic E-state index is -1.22. The lowest BCUT2D eigenvalue weighted by Gasteiger charge is -2.40. The Kier molecular flexibility index (Phi) is 5.12. The van der Waals surface area contributed by atoms with Crippen LogP contribution in [-0.2, 0) is 6.54 Å². The molecular formula is C24H27ClFNO4. The summed E-state index contributed by atoms with van der Waals surface area (Å²) in [5.41, 5.74) is 1.24. The number of hydrogen-bond donors (Lipinski definition) is 4. The van der Waals surface area contributed by atoms with Crippen molar-refractivity contribution < 1.29 is 24.5 Å². The number of anilines is 1. The van der Waals surface area contributed by atoms with Crippen LogP contribution in [0.4, 0.5) is 10.1 Å². The van der Waals surface area contributed by atoms with E-state index >= 15 is 0 Å². The number of aromatic carboxylic acids is 1. The molecule has 166 valence electrons. The Morgan fingerprint density at radius 1 is 1.19 bits per heavy atom. The van der Waals surface area contributed by atoms with Crippen LogP contribution in [0.1, 0.15) is 67.4 Å². The maximum Gasteiger partial charge on any atom is 0.339 e. The zero-order chi connectivity index (χ0) is 22.7. The van der Waals surface area contributed by atoms with E-state index in [0.29, 0.717) is 17.2 Å². The fourth-order valence-corrected chi connectivity index (χ4v) is 6.04. The molecule has 2 aliphatic carbocycles. The van der Waals surface area contributed by atoms with Gasteiger partial charge in [-0.1, -0.05) is 32.4 Å². The van der Waals surface area contributed by atoms with Crippen molar-refractivity contribution in [3.63, 3.8) is 0 Å². The van der Waals surface area contributed by atoms with E-state index < -0.39 is 11.8 Å². The van der Waals surface area contributed by atoms with Crippen LogP contribution in [0.5, 0.6) is 11.5 Å². The zero-order valence-electron chi connectivity index (χ0n) is 17.8. The van der Waals surface area contributed by atoms with E-state index in [9.17, 15) is 24.5 Å². The SMILES string of the molecule is CC1(C)C2CCC1(C)C(c1cc(NCc3cc(F)cc(Cl)c3O)cc(C(=O)O)c1O)C2. The molecule has 3 unspecified atom stereocenters. The third-order valence-corrected chi connectivity index (χ3v) is 8.42. The molecule has 0 heterocycles. The van der Waals surface area contributed by atoms with Gasteiger partial charge in [0.2, 0.25) is 0 Å². The predicted octanol–water partition coefficient (Wildman–Crippen LogP) is 6.13. The van der Waals surface area contributed by atoms with Gasteiger partial charge in [0.15, 0.2) is 0 Å². The van der Waals surface area contributed by atoms with Crippen molar-refractivity contribution in [1.29, 1.82) is 0 Å². The molecule has 2 aliphatic rings. The number of rotatable bonds is 5. The van der Waals surface area contributed by atoms with Gasteiger partial charge in [0.1, 0.15) is 22.9 Å². The second kappa shape index (κ2) is 7.30. The highest BCUT2D eigenvalue weighted by Crippen LogP contribution is 2.71. The first-order valence-electron chi connectivity index (χ1n) is 10.5. The molecule has 0 amide bonds. The standard InChI is InChI=1S/C24H27ClFNO4/c1-23(2)13-4-5-24(23,3)18(7-13)16-9-15(10-17(21(16)29)22(30)31)27-11-12-6-14(26)8-19(25)20(12)28/h6,8-10,13,18,27-29H,4-5,7,11H2,1-3H3,(H,30,31). The van der Waals surface area contributed by atoms with Gasteiger partial charge in [-0.15, -0.1) is 0 Å². The van der Waals surface area contributed by atoms with Crippen LogP contribution < -0.4 is 5.32 Å². The topological polar surface area (TPSA) is 89.8 Å². The first-order valence-corrected chi connectivity index (χ1v) is 10.8. The van der Waals surface area contributed by atoms with Crippen molar-refractivity contribution in [3.8, 4) is 11.5 Å². The van der Waals surface area contributed by atoms with Gasteiger partial charge < -0.3 is 20.6 Å². The number of halogens is 2. The average molecular weight is 448 g/mol. The molecule has 31 heavy (non-hydrogen) atoms. The van der Waals surface area contributed by atoms with Gasteiger partial charge in [0.05, 0.1) is 5.02 Å². The molecule has 4 rings (SSSR count). The lowest BCUT2D eigenvalue weighted by molar-refractivity contribution is 0.0693. The summed E-state index contributed by atoms with van der Waals surface area (Å²) in [6, 6.07) is 5.35. The Morgan fingerprint density at radius 3 is 2.48 bits per heavy atom. The molecule has 7 heteroatoms. The van der Waals surface area contributed by atoms with E-state index in [4.69, 9.17) is 11.6 Å². The normalized spacial score (nSPS) is 26.2. The van der Waals surface area contributed by atoms with Gasteiger partial charge in [-0.2, -0.15) is 0 Å². The van der Waals surface area contributed by atoms with Crippen LogP contribution in [0.25, 0.3) is 0 Å². The summed E-state index contributed by atoms with van der Waals surface area (Å²) in [6.45, 7) is 6.80. The van der Waals surface area contributed by atoms with E-state index in [0.717, 1.165) is 25.3 Å². The molecule has 4 N–H and O–H groups in total. The molecule has 2 aromatic carbocycles. The molecule has 0 aromatic heterocycles. The van der Waals surface area contributed by atoms with Crippen molar-refractivity contribution in [2.45, 2.75) is 52.5 Å². The summed E-state index contributed by atoms with van der Waals surface area (Å²) in [6.07, 6.45) is 3.08. The zero-order valence-corrected chi connectivity index (χ0v) is 18.6. The summed E-state index contributed by atoms with van der Waals surface area (Å²) in [5, 5.41) is 33.6. The van der Waals surface area contributed by atoms with Crippen molar-refractivity contribution in [3.05, 3.63) is 51.8 Å². The highest BCUT2D eigenvalue weighted by molar-refractivity contribution is 6.32. The van der Waals surface area contributed by atoms with E-state index in [1.54, 1.807) is 6.07 Å². The molecule has 0 aliphatic heterocycles. The van der Waals surface area contributed by atoms with Gasteiger partial charge >= 0.3 is 5.97 Å². The summed E-state index contributed by atoms with van der Waals surface area (Å²) in [7, 11) is 0. The highest BCUT2D eigenvalue weighted by atomic mass is 35.5. The van der Waals surface area contributed by atoms with Gasteiger partial charge in [0, 0.05) is 23.4 Å². The van der Waals surface area contributed by atoms with Crippen LogP contribution in [-0.4, -0.2) is 21.3 Å². The number of fused-ring (bicyclic) bond motifs is 2. The Morgan fingerprint density at radius 2 is 1.90 bits per heavy atom. The number of benzene rings is 2. The maximum atomic E-state index is 13.7. The number of nitrogens with one attached hydrogen (secondary N) is 1. The second-order valence-corrected chi connectivity index (χ2v) is 10.1. The molecule has 2 bridgehead atoms. The largest absolute Gasteiger partial charge is 0.507 e. The third kappa shape index (κ3) is 3.32. The van der Waals surface area contributed by atoms with Crippen LogP contribution >= 0.6 is 11.6 Å². The Bertz CT molecular complexity index is 1070. The number of phenolic OH excluding ortho intramolecular Hbond substituents is 1. The predicted molar refractivity (Wildman–Crippen MR) is 117 cm³/mol. The average Bonchev–Trinajstić information content (AvgIpc) is 3.03. The van der Waals surface area contributed by atoms with Gasteiger partial charge in [-0.3, -0.25) is 0 Å². The van der Waals surface area contributed by atoms with Gasteiger partial charge in [0.25, 0.3) is 0 Å². The van der Waals surface area contributed by atoms with Crippen molar-refractivity contribution in [2.75, 3.05) is 5.32 Å². The number of aromatic hydroxyl groups is 2.